The minimum atomic E-state index is -0.788. The lowest BCUT2D eigenvalue weighted by atomic mass is 9.94. The number of nitrogens with zero attached hydrogens (tertiary/aromatic N) is 1. The van der Waals surface area contributed by atoms with E-state index in [2.05, 4.69) is 24.4 Å². The van der Waals surface area contributed by atoms with Gasteiger partial charge in [0.15, 0.2) is 5.76 Å². The fourth-order valence-corrected chi connectivity index (χ4v) is 4.81. The van der Waals surface area contributed by atoms with Crippen LogP contribution >= 0.6 is 0 Å². The molecule has 1 atom stereocenters. The number of carbonyl (C=O) groups excluding carboxylic acids is 2. The van der Waals surface area contributed by atoms with Crippen LogP contribution in [-0.2, 0) is 11.2 Å². The zero-order valence-electron chi connectivity index (χ0n) is 20.5. The predicted molar refractivity (Wildman–Crippen MR) is 135 cm³/mol. The smallest absolute Gasteiger partial charge is 0.290 e. The van der Waals surface area contributed by atoms with Gasteiger partial charge in [0, 0.05) is 12.6 Å². The first kappa shape index (κ1) is 24.6. The van der Waals surface area contributed by atoms with E-state index in [1.54, 1.807) is 24.1 Å². The fourth-order valence-electron chi connectivity index (χ4n) is 4.81. The molecule has 0 unspecified atom stereocenters. The maximum atomic E-state index is 13.8. The highest BCUT2D eigenvalue weighted by atomic mass is 16.5. The average molecular weight is 475 g/mol. The highest BCUT2D eigenvalue weighted by Gasteiger charge is 2.34. The number of amides is 2. The molecule has 0 aliphatic heterocycles. The van der Waals surface area contributed by atoms with Crippen LogP contribution < -0.4 is 10.1 Å². The number of aryl methyl sites for hydroxylation is 1. The number of benzene rings is 2. The Morgan fingerprint density at radius 3 is 2.43 bits per heavy atom. The Labute approximate surface area is 207 Å². The van der Waals surface area contributed by atoms with Gasteiger partial charge in [-0.3, -0.25) is 9.59 Å². The zero-order valence-corrected chi connectivity index (χ0v) is 20.5. The summed E-state index contributed by atoms with van der Waals surface area (Å²) in [5.74, 6) is 0.456. The van der Waals surface area contributed by atoms with E-state index in [4.69, 9.17) is 9.15 Å². The van der Waals surface area contributed by atoms with Crippen LogP contribution in [0.1, 0.15) is 65.4 Å². The molecule has 1 heterocycles. The fraction of sp³-hybridized carbons (Fsp3) is 0.379. The number of nitrogens with one attached hydrogen (secondary N) is 1. The summed E-state index contributed by atoms with van der Waals surface area (Å²) in [5, 5.41) is 3.24. The molecule has 3 aromatic rings. The number of rotatable bonds is 9. The van der Waals surface area contributed by atoms with Crippen LogP contribution in [0.2, 0.25) is 0 Å². The largest absolute Gasteiger partial charge is 0.497 e. The third-order valence-corrected chi connectivity index (χ3v) is 6.82. The van der Waals surface area contributed by atoms with Crippen molar-refractivity contribution in [2.24, 2.45) is 0 Å². The minimum Gasteiger partial charge on any atom is -0.497 e. The molecule has 6 nitrogen and oxygen atoms in total. The molecular formula is C29H34N2O4. The van der Waals surface area contributed by atoms with Crippen molar-refractivity contribution in [1.29, 1.82) is 0 Å². The monoisotopic (exact) mass is 474 g/mol. The molecule has 0 bridgehead atoms. The summed E-state index contributed by atoms with van der Waals surface area (Å²) in [7, 11) is 1.61. The Morgan fingerprint density at radius 2 is 1.77 bits per heavy atom. The third kappa shape index (κ3) is 6.13. The van der Waals surface area contributed by atoms with Gasteiger partial charge in [-0.15, -0.1) is 0 Å². The van der Waals surface area contributed by atoms with Crippen LogP contribution in [0.4, 0.5) is 0 Å². The number of carbonyl (C=O) groups is 2. The van der Waals surface area contributed by atoms with Gasteiger partial charge in [0.1, 0.15) is 11.8 Å². The molecule has 4 rings (SSSR count). The van der Waals surface area contributed by atoms with Crippen LogP contribution in [-0.4, -0.2) is 36.4 Å². The van der Waals surface area contributed by atoms with Crippen molar-refractivity contribution in [3.63, 3.8) is 0 Å². The lowest BCUT2D eigenvalue weighted by molar-refractivity contribution is -0.126. The van der Waals surface area contributed by atoms with E-state index in [9.17, 15) is 9.59 Å². The zero-order chi connectivity index (χ0) is 24.6. The summed E-state index contributed by atoms with van der Waals surface area (Å²) in [6, 6.07) is 18.2. The van der Waals surface area contributed by atoms with Gasteiger partial charge in [0.25, 0.3) is 5.91 Å². The quantitative estimate of drug-likeness (QED) is 0.446. The van der Waals surface area contributed by atoms with Crippen molar-refractivity contribution in [2.45, 2.75) is 57.5 Å². The van der Waals surface area contributed by atoms with Crippen LogP contribution in [0, 0.1) is 6.92 Å². The van der Waals surface area contributed by atoms with Gasteiger partial charge in [-0.2, -0.15) is 0 Å². The SMILES string of the molecule is COc1ccc([C@@H](C(=O)NC2CCCCC2)N(CCc2ccccc2C)C(=O)c2ccco2)cc1. The third-order valence-electron chi connectivity index (χ3n) is 6.82. The Morgan fingerprint density at radius 1 is 1.03 bits per heavy atom. The first-order chi connectivity index (χ1) is 17.1. The second-order valence-corrected chi connectivity index (χ2v) is 9.17. The average Bonchev–Trinajstić information content (AvgIpc) is 3.43. The van der Waals surface area contributed by atoms with E-state index in [0.717, 1.165) is 42.4 Å². The van der Waals surface area contributed by atoms with E-state index in [0.29, 0.717) is 18.7 Å². The molecule has 1 fully saturated rings. The summed E-state index contributed by atoms with van der Waals surface area (Å²) in [6.45, 7) is 2.43. The summed E-state index contributed by atoms with van der Waals surface area (Å²) >= 11 is 0. The Bertz CT molecular complexity index is 1100. The molecule has 35 heavy (non-hydrogen) atoms. The van der Waals surface area contributed by atoms with Crippen LogP contribution in [0.15, 0.2) is 71.3 Å². The molecule has 2 aromatic carbocycles. The molecular weight excluding hydrogens is 440 g/mol. The normalized spacial score (nSPS) is 14.8. The molecule has 1 aromatic heterocycles. The maximum Gasteiger partial charge on any atom is 0.290 e. The molecule has 0 radical (unpaired) electrons. The standard InChI is InChI=1S/C29H34N2O4/c1-21-9-6-7-10-22(21)18-19-31(29(33)26-13-8-20-35-26)27(23-14-16-25(34-2)17-15-23)28(32)30-24-11-4-3-5-12-24/h6-10,13-17,20,24,27H,3-5,11-12,18-19H2,1-2H3,(H,30,32)/t27-/m0/s1. The maximum absolute atomic E-state index is 13.8. The Balaban J connectivity index is 1.68. The topological polar surface area (TPSA) is 71.8 Å². The van der Waals surface area contributed by atoms with Crippen molar-refractivity contribution in [3.8, 4) is 5.75 Å². The van der Waals surface area contributed by atoms with Crippen LogP contribution in [0.5, 0.6) is 5.75 Å². The van der Waals surface area contributed by atoms with E-state index >= 15 is 0 Å². The Hall–Kier alpha value is -3.54. The molecule has 0 spiro atoms. The van der Waals surface area contributed by atoms with Gasteiger partial charge >= 0.3 is 0 Å². The van der Waals surface area contributed by atoms with Crippen molar-refractivity contribution in [3.05, 3.63) is 89.4 Å². The summed E-state index contributed by atoms with van der Waals surface area (Å²) < 4.78 is 10.8. The number of furan rings is 1. The number of methoxy groups -OCH3 is 1. The number of hydrogen-bond acceptors (Lipinski definition) is 4. The lowest BCUT2D eigenvalue weighted by Crippen LogP contribution is -2.47. The first-order valence-electron chi connectivity index (χ1n) is 12.4. The van der Waals surface area contributed by atoms with E-state index < -0.39 is 6.04 Å². The van der Waals surface area contributed by atoms with Crippen LogP contribution in [0.3, 0.4) is 0 Å². The number of hydrogen-bond donors (Lipinski definition) is 1. The van der Waals surface area contributed by atoms with Gasteiger partial charge < -0.3 is 19.4 Å². The molecule has 1 aliphatic carbocycles. The molecule has 2 amide bonds. The minimum absolute atomic E-state index is 0.133. The summed E-state index contributed by atoms with van der Waals surface area (Å²) in [5.41, 5.74) is 3.04. The summed E-state index contributed by atoms with van der Waals surface area (Å²) in [6.07, 6.45) is 7.47. The highest BCUT2D eigenvalue weighted by Crippen LogP contribution is 2.28. The second kappa shape index (κ2) is 11.7. The lowest BCUT2D eigenvalue weighted by Gasteiger charge is -2.33. The molecule has 1 N–H and O–H groups in total. The van der Waals surface area contributed by atoms with E-state index in [1.807, 2.05) is 36.4 Å². The van der Waals surface area contributed by atoms with Gasteiger partial charge in [0.05, 0.1) is 13.4 Å². The van der Waals surface area contributed by atoms with E-state index in [-0.39, 0.29) is 23.6 Å². The molecule has 6 heteroatoms. The number of ether oxygens (including phenoxy) is 1. The molecule has 184 valence electrons. The van der Waals surface area contributed by atoms with Crippen molar-refractivity contribution in [2.75, 3.05) is 13.7 Å². The van der Waals surface area contributed by atoms with Crippen molar-refractivity contribution < 1.29 is 18.7 Å². The van der Waals surface area contributed by atoms with Crippen molar-refractivity contribution >= 4 is 11.8 Å². The van der Waals surface area contributed by atoms with Gasteiger partial charge in [-0.1, -0.05) is 55.7 Å². The van der Waals surface area contributed by atoms with E-state index in [1.165, 1.54) is 12.7 Å². The molecule has 1 saturated carbocycles. The van der Waals surface area contributed by atoms with Crippen molar-refractivity contribution in [1.82, 2.24) is 10.2 Å². The second-order valence-electron chi connectivity index (χ2n) is 9.17. The van der Waals surface area contributed by atoms with Gasteiger partial charge in [-0.05, 0) is 67.1 Å². The highest BCUT2D eigenvalue weighted by molar-refractivity contribution is 5.96. The van der Waals surface area contributed by atoms with Gasteiger partial charge in [-0.25, -0.2) is 0 Å². The van der Waals surface area contributed by atoms with Crippen LogP contribution in [0.25, 0.3) is 0 Å². The first-order valence-corrected chi connectivity index (χ1v) is 12.4. The summed E-state index contributed by atoms with van der Waals surface area (Å²) in [4.78, 5) is 29.1. The Kier molecular flexibility index (Phi) is 8.24. The molecule has 1 aliphatic rings. The van der Waals surface area contributed by atoms with Gasteiger partial charge in [0.2, 0.25) is 5.91 Å². The molecule has 0 saturated heterocycles. The predicted octanol–water partition coefficient (Wildman–Crippen LogP) is 5.47.